The lowest BCUT2D eigenvalue weighted by Gasteiger charge is -2.05. The summed E-state index contributed by atoms with van der Waals surface area (Å²) in [6, 6.07) is 9.48. The Bertz CT molecular complexity index is 554. The smallest absolute Gasteiger partial charge is 0.135 e. The van der Waals surface area contributed by atoms with Crippen LogP contribution in [0.5, 0.6) is 0 Å². The molecule has 0 radical (unpaired) electrons. The number of aliphatic hydroxyl groups is 1. The van der Waals surface area contributed by atoms with Gasteiger partial charge in [-0.2, -0.15) is 0 Å². The van der Waals surface area contributed by atoms with Crippen molar-refractivity contribution in [1.29, 1.82) is 0 Å². The molecule has 1 aromatic heterocycles. The molecule has 1 aromatic carbocycles. The molecule has 0 aliphatic carbocycles. The average Bonchev–Trinajstić information content (AvgIpc) is 2.77. The number of furan rings is 1. The van der Waals surface area contributed by atoms with E-state index in [9.17, 15) is 0 Å². The first-order valence-corrected chi connectivity index (χ1v) is 7.16. The number of benzene rings is 1. The van der Waals surface area contributed by atoms with Crippen LogP contribution in [0.25, 0.3) is 11.3 Å². The molecule has 0 aliphatic rings. The Morgan fingerprint density at radius 3 is 2.84 bits per heavy atom. The van der Waals surface area contributed by atoms with Gasteiger partial charge in [0.05, 0.1) is 17.7 Å². The molecule has 1 heterocycles. The van der Waals surface area contributed by atoms with Crippen molar-refractivity contribution in [3.63, 3.8) is 0 Å². The standard InChI is InChI=1S/C14H15BrClNO2/c1-9(18)7-17-8-11-3-5-14(19-11)12-4-2-10(15)6-13(12)16/h2-6,9,17-18H,7-8H2,1H3. The molecule has 0 aliphatic heterocycles. The summed E-state index contributed by atoms with van der Waals surface area (Å²) in [5.74, 6) is 1.56. The molecule has 5 heteroatoms. The molecule has 0 bridgehead atoms. The van der Waals surface area contributed by atoms with Gasteiger partial charge in [-0.15, -0.1) is 0 Å². The van der Waals surface area contributed by atoms with Crippen LogP contribution >= 0.6 is 27.5 Å². The summed E-state index contributed by atoms with van der Waals surface area (Å²) >= 11 is 9.55. The zero-order chi connectivity index (χ0) is 13.8. The van der Waals surface area contributed by atoms with Gasteiger partial charge in [0.1, 0.15) is 11.5 Å². The van der Waals surface area contributed by atoms with E-state index in [4.69, 9.17) is 21.1 Å². The maximum Gasteiger partial charge on any atom is 0.135 e. The van der Waals surface area contributed by atoms with Crippen molar-refractivity contribution in [2.75, 3.05) is 6.54 Å². The van der Waals surface area contributed by atoms with Crippen LogP contribution in [-0.2, 0) is 6.54 Å². The second kappa shape index (κ2) is 6.57. The highest BCUT2D eigenvalue weighted by atomic mass is 79.9. The first-order chi connectivity index (χ1) is 9.06. The van der Waals surface area contributed by atoms with Gasteiger partial charge >= 0.3 is 0 Å². The number of aliphatic hydroxyl groups excluding tert-OH is 1. The van der Waals surface area contributed by atoms with Crippen LogP contribution in [0.15, 0.2) is 39.2 Å². The van der Waals surface area contributed by atoms with Crippen LogP contribution in [0.4, 0.5) is 0 Å². The molecule has 1 atom stereocenters. The van der Waals surface area contributed by atoms with Gasteiger partial charge < -0.3 is 14.8 Å². The zero-order valence-corrected chi connectivity index (χ0v) is 12.8. The van der Waals surface area contributed by atoms with E-state index in [0.29, 0.717) is 18.1 Å². The van der Waals surface area contributed by atoms with Crippen LogP contribution in [-0.4, -0.2) is 17.8 Å². The third-order valence-corrected chi connectivity index (χ3v) is 3.40. The van der Waals surface area contributed by atoms with Crippen molar-refractivity contribution in [2.45, 2.75) is 19.6 Å². The molecule has 2 aromatic rings. The van der Waals surface area contributed by atoms with Gasteiger partial charge in [0.25, 0.3) is 0 Å². The Labute approximate surface area is 125 Å². The van der Waals surface area contributed by atoms with Gasteiger partial charge in [0.15, 0.2) is 0 Å². The highest BCUT2D eigenvalue weighted by Gasteiger charge is 2.09. The molecule has 0 spiro atoms. The number of rotatable bonds is 5. The molecule has 19 heavy (non-hydrogen) atoms. The predicted molar refractivity (Wildman–Crippen MR) is 80.2 cm³/mol. The summed E-state index contributed by atoms with van der Waals surface area (Å²) in [5.41, 5.74) is 0.867. The normalized spacial score (nSPS) is 12.6. The van der Waals surface area contributed by atoms with Gasteiger partial charge in [-0.1, -0.05) is 27.5 Å². The van der Waals surface area contributed by atoms with Gasteiger partial charge in [0, 0.05) is 16.6 Å². The predicted octanol–water partition coefficient (Wildman–Crippen LogP) is 3.83. The fourth-order valence-electron chi connectivity index (χ4n) is 1.71. The van der Waals surface area contributed by atoms with Crippen LogP contribution in [0.1, 0.15) is 12.7 Å². The Balaban J connectivity index is 2.08. The summed E-state index contributed by atoms with van der Waals surface area (Å²) < 4.78 is 6.67. The minimum absolute atomic E-state index is 0.365. The van der Waals surface area contributed by atoms with E-state index in [0.717, 1.165) is 21.6 Å². The highest BCUT2D eigenvalue weighted by Crippen LogP contribution is 2.31. The molecule has 0 saturated heterocycles. The molecular formula is C14H15BrClNO2. The maximum absolute atomic E-state index is 9.16. The summed E-state index contributed by atoms with van der Waals surface area (Å²) in [4.78, 5) is 0. The Hall–Kier alpha value is -0.810. The number of nitrogens with one attached hydrogen (secondary N) is 1. The van der Waals surface area contributed by atoms with Crippen LogP contribution in [0, 0.1) is 0 Å². The second-order valence-corrected chi connectivity index (χ2v) is 5.69. The van der Waals surface area contributed by atoms with Crippen molar-refractivity contribution >= 4 is 27.5 Å². The van der Waals surface area contributed by atoms with Crippen molar-refractivity contribution < 1.29 is 9.52 Å². The fourth-order valence-corrected chi connectivity index (χ4v) is 2.48. The largest absolute Gasteiger partial charge is 0.460 e. The molecule has 0 saturated carbocycles. The lowest BCUT2D eigenvalue weighted by Crippen LogP contribution is -2.23. The monoisotopic (exact) mass is 343 g/mol. The van der Waals surface area contributed by atoms with Gasteiger partial charge in [-0.3, -0.25) is 0 Å². The topological polar surface area (TPSA) is 45.4 Å². The second-order valence-electron chi connectivity index (χ2n) is 4.37. The first kappa shape index (κ1) is 14.6. The molecule has 1 unspecified atom stereocenters. The average molecular weight is 345 g/mol. The summed E-state index contributed by atoms with van der Waals surface area (Å²) in [5, 5.41) is 12.9. The van der Waals surface area contributed by atoms with Gasteiger partial charge in [-0.05, 0) is 37.3 Å². The number of halogens is 2. The molecule has 0 amide bonds. The van der Waals surface area contributed by atoms with Crippen LogP contribution in [0.2, 0.25) is 5.02 Å². The van der Waals surface area contributed by atoms with Gasteiger partial charge in [0.2, 0.25) is 0 Å². The van der Waals surface area contributed by atoms with Crippen molar-refractivity contribution in [3.05, 3.63) is 45.6 Å². The first-order valence-electron chi connectivity index (χ1n) is 5.99. The van der Waals surface area contributed by atoms with Crippen LogP contribution in [0.3, 0.4) is 0 Å². The SMILES string of the molecule is CC(O)CNCc1ccc(-c2ccc(Br)cc2Cl)o1. The summed E-state index contributed by atoms with van der Waals surface area (Å²) in [7, 11) is 0. The van der Waals surface area contributed by atoms with E-state index in [1.54, 1.807) is 6.92 Å². The third kappa shape index (κ3) is 4.08. The molecule has 2 N–H and O–H groups in total. The van der Waals surface area contributed by atoms with Crippen molar-refractivity contribution in [1.82, 2.24) is 5.32 Å². The minimum atomic E-state index is -0.365. The van der Waals surface area contributed by atoms with E-state index < -0.39 is 0 Å². The van der Waals surface area contributed by atoms with Crippen molar-refractivity contribution in [2.24, 2.45) is 0 Å². The fraction of sp³-hybridized carbons (Fsp3) is 0.286. The third-order valence-electron chi connectivity index (χ3n) is 2.60. The minimum Gasteiger partial charge on any atom is -0.460 e. The van der Waals surface area contributed by atoms with Crippen molar-refractivity contribution in [3.8, 4) is 11.3 Å². The van der Waals surface area contributed by atoms with E-state index in [-0.39, 0.29) is 6.10 Å². The molecule has 102 valence electrons. The molecule has 3 nitrogen and oxygen atoms in total. The summed E-state index contributed by atoms with van der Waals surface area (Å²) in [6.07, 6.45) is -0.365. The van der Waals surface area contributed by atoms with E-state index in [1.165, 1.54) is 0 Å². The Kier molecular flexibility index (Phi) is 5.05. The lowest BCUT2D eigenvalue weighted by molar-refractivity contribution is 0.190. The molecular weight excluding hydrogens is 330 g/mol. The molecule has 2 rings (SSSR count). The lowest BCUT2D eigenvalue weighted by atomic mass is 10.2. The Morgan fingerprint density at radius 2 is 2.16 bits per heavy atom. The number of hydrogen-bond donors (Lipinski definition) is 2. The molecule has 0 fully saturated rings. The summed E-state index contributed by atoms with van der Waals surface area (Å²) in [6.45, 7) is 2.86. The van der Waals surface area contributed by atoms with E-state index >= 15 is 0 Å². The highest BCUT2D eigenvalue weighted by molar-refractivity contribution is 9.10. The zero-order valence-electron chi connectivity index (χ0n) is 10.5. The van der Waals surface area contributed by atoms with Gasteiger partial charge in [-0.25, -0.2) is 0 Å². The van der Waals surface area contributed by atoms with E-state index in [2.05, 4.69) is 21.2 Å². The Morgan fingerprint density at radius 1 is 1.37 bits per heavy atom. The van der Waals surface area contributed by atoms with Crippen LogP contribution < -0.4 is 5.32 Å². The quantitative estimate of drug-likeness (QED) is 0.866. The van der Waals surface area contributed by atoms with E-state index in [1.807, 2.05) is 30.3 Å². The number of hydrogen-bond acceptors (Lipinski definition) is 3. The maximum atomic E-state index is 9.16.